The van der Waals surface area contributed by atoms with Crippen molar-refractivity contribution in [1.29, 1.82) is 0 Å². The van der Waals surface area contributed by atoms with Gasteiger partial charge in [-0.3, -0.25) is 10.1 Å². The molecular weight excluding hydrogens is 390 g/mol. The number of imidazole rings is 1. The van der Waals surface area contributed by atoms with E-state index in [2.05, 4.69) is 36.0 Å². The maximum Gasteiger partial charge on any atom is 0.232 e. The van der Waals surface area contributed by atoms with Gasteiger partial charge in [-0.2, -0.15) is 9.97 Å². The van der Waals surface area contributed by atoms with E-state index in [-0.39, 0.29) is 0 Å². The first-order chi connectivity index (χ1) is 15.1. The second kappa shape index (κ2) is 7.79. The van der Waals surface area contributed by atoms with Gasteiger partial charge in [0.2, 0.25) is 5.95 Å². The largest absolute Gasteiger partial charge is 0.340 e. The standard InChI is InChI=1S/C22H21N9/c1-15-11-16(2)24-18(12-15)26-22-27-19(14-20(28-22)29-31-7-3-4-8-31)25-17-5-9-30-10-6-23-21(30)13-17/h3-14H,1-2H3,(H3,24,25,26,27,28,29). The molecule has 5 aromatic heterocycles. The van der Waals surface area contributed by atoms with Gasteiger partial charge >= 0.3 is 0 Å². The normalized spacial score (nSPS) is 10.9. The fourth-order valence-electron chi connectivity index (χ4n) is 3.32. The van der Waals surface area contributed by atoms with E-state index in [9.17, 15) is 0 Å². The summed E-state index contributed by atoms with van der Waals surface area (Å²) < 4.78 is 3.77. The van der Waals surface area contributed by atoms with Crippen molar-refractivity contribution in [1.82, 2.24) is 29.0 Å². The average molecular weight is 411 g/mol. The molecule has 5 aromatic rings. The maximum absolute atomic E-state index is 4.63. The molecule has 0 radical (unpaired) electrons. The summed E-state index contributed by atoms with van der Waals surface area (Å²) in [5, 5.41) is 6.56. The zero-order valence-electron chi connectivity index (χ0n) is 17.1. The Bertz CT molecular complexity index is 1320. The lowest BCUT2D eigenvalue weighted by Crippen LogP contribution is -2.10. The third-order valence-electron chi connectivity index (χ3n) is 4.58. The first-order valence-electron chi connectivity index (χ1n) is 9.82. The van der Waals surface area contributed by atoms with Crippen molar-refractivity contribution in [3.63, 3.8) is 0 Å². The van der Waals surface area contributed by atoms with Crippen molar-refractivity contribution in [2.75, 3.05) is 16.1 Å². The number of fused-ring (bicyclic) bond motifs is 1. The van der Waals surface area contributed by atoms with Gasteiger partial charge in [-0.25, -0.2) is 9.97 Å². The van der Waals surface area contributed by atoms with Crippen LogP contribution in [0.25, 0.3) is 5.65 Å². The Balaban J connectivity index is 1.48. The van der Waals surface area contributed by atoms with Crippen molar-refractivity contribution < 1.29 is 0 Å². The third-order valence-corrected chi connectivity index (χ3v) is 4.58. The Morgan fingerprint density at radius 1 is 0.774 bits per heavy atom. The van der Waals surface area contributed by atoms with Gasteiger partial charge in [0, 0.05) is 54.5 Å². The van der Waals surface area contributed by atoms with Crippen LogP contribution in [0.1, 0.15) is 11.3 Å². The minimum absolute atomic E-state index is 0.430. The molecule has 0 aromatic carbocycles. The molecule has 0 spiro atoms. The Labute approximate surface area is 178 Å². The second-order valence-electron chi connectivity index (χ2n) is 7.19. The van der Waals surface area contributed by atoms with Crippen molar-refractivity contribution in [3.8, 4) is 0 Å². The first kappa shape index (κ1) is 18.6. The number of hydrogen-bond donors (Lipinski definition) is 3. The molecule has 31 heavy (non-hydrogen) atoms. The van der Waals surface area contributed by atoms with E-state index in [0.29, 0.717) is 23.4 Å². The van der Waals surface area contributed by atoms with Crippen molar-refractivity contribution in [2.24, 2.45) is 0 Å². The molecule has 0 atom stereocenters. The van der Waals surface area contributed by atoms with Gasteiger partial charge in [0.25, 0.3) is 0 Å². The molecular formula is C22H21N9. The highest BCUT2D eigenvalue weighted by Gasteiger charge is 2.08. The van der Waals surface area contributed by atoms with Crippen LogP contribution < -0.4 is 16.1 Å². The molecule has 0 saturated carbocycles. The molecule has 3 N–H and O–H groups in total. The number of hydrogen-bond acceptors (Lipinski definition) is 7. The van der Waals surface area contributed by atoms with Gasteiger partial charge in [-0.15, -0.1) is 0 Å². The summed E-state index contributed by atoms with van der Waals surface area (Å²) in [6.07, 6.45) is 9.42. The van der Waals surface area contributed by atoms with Crippen LogP contribution in [0.5, 0.6) is 0 Å². The molecule has 0 fully saturated rings. The van der Waals surface area contributed by atoms with E-state index in [1.165, 1.54) is 0 Å². The van der Waals surface area contributed by atoms with Crippen molar-refractivity contribution in [2.45, 2.75) is 13.8 Å². The topological polar surface area (TPSA) is 97.0 Å². The quantitative estimate of drug-likeness (QED) is 0.383. The first-order valence-corrected chi connectivity index (χ1v) is 9.82. The minimum Gasteiger partial charge on any atom is -0.340 e. The predicted molar refractivity (Wildman–Crippen MR) is 121 cm³/mol. The molecule has 0 unspecified atom stereocenters. The molecule has 0 aliphatic heterocycles. The van der Waals surface area contributed by atoms with Crippen molar-refractivity contribution in [3.05, 3.63) is 84.7 Å². The van der Waals surface area contributed by atoms with Crippen LogP contribution >= 0.6 is 0 Å². The highest BCUT2D eigenvalue weighted by Crippen LogP contribution is 2.22. The number of rotatable bonds is 6. The second-order valence-corrected chi connectivity index (χ2v) is 7.19. The molecule has 154 valence electrons. The van der Waals surface area contributed by atoms with Crippen LogP contribution in [0.2, 0.25) is 0 Å². The summed E-state index contributed by atoms with van der Waals surface area (Å²) in [6, 6.07) is 13.6. The molecule has 5 rings (SSSR count). The zero-order valence-corrected chi connectivity index (χ0v) is 17.1. The minimum atomic E-state index is 0.430. The van der Waals surface area contributed by atoms with E-state index < -0.39 is 0 Å². The van der Waals surface area contributed by atoms with Crippen LogP contribution in [0, 0.1) is 13.8 Å². The predicted octanol–water partition coefficient (Wildman–Crippen LogP) is 4.30. The summed E-state index contributed by atoms with van der Waals surface area (Å²) in [7, 11) is 0. The SMILES string of the molecule is Cc1cc(C)nc(Nc2nc(Nc3ccn4ccnc4c3)cc(Nn3cccc3)n2)c1. The Hall–Kier alpha value is -4.40. The highest BCUT2D eigenvalue weighted by atomic mass is 15.4. The van der Waals surface area contributed by atoms with Gasteiger partial charge in [-0.05, 0) is 49.7 Å². The zero-order chi connectivity index (χ0) is 21.2. The number of aryl methyl sites for hydroxylation is 2. The number of anilines is 5. The van der Waals surface area contributed by atoms with Gasteiger partial charge in [0.1, 0.15) is 17.3 Å². The summed E-state index contributed by atoms with van der Waals surface area (Å²) in [4.78, 5) is 18.1. The molecule has 0 aliphatic carbocycles. The molecule has 0 saturated heterocycles. The van der Waals surface area contributed by atoms with Gasteiger partial charge < -0.3 is 15.0 Å². The van der Waals surface area contributed by atoms with E-state index in [1.54, 1.807) is 6.20 Å². The fraction of sp³-hybridized carbons (Fsp3) is 0.0909. The lowest BCUT2D eigenvalue weighted by atomic mass is 10.2. The van der Waals surface area contributed by atoms with Crippen LogP contribution in [0.4, 0.5) is 29.1 Å². The summed E-state index contributed by atoms with van der Waals surface area (Å²) >= 11 is 0. The summed E-state index contributed by atoms with van der Waals surface area (Å²) in [5.74, 6) is 2.38. The smallest absolute Gasteiger partial charge is 0.232 e. The number of nitrogens with one attached hydrogen (secondary N) is 3. The van der Waals surface area contributed by atoms with Crippen LogP contribution in [-0.2, 0) is 0 Å². The lowest BCUT2D eigenvalue weighted by Gasteiger charge is -2.13. The Morgan fingerprint density at radius 2 is 1.58 bits per heavy atom. The summed E-state index contributed by atoms with van der Waals surface area (Å²) in [5.41, 5.74) is 7.00. The Kier molecular flexibility index (Phi) is 4.68. The summed E-state index contributed by atoms with van der Waals surface area (Å²) in [6.45, 7) is 3.99. The monoisotopic (exact) mass is 411 g/mol. The number of pyridine rings is 2. The van der Waals surface area contributed by atoms with Crippen molar-refractivity contribution >= 4 is 34.7 Å². The molecule has 0 amide bonds. The number of nitrogens with zero attached hydrogens (tertiary/aromatic N) is 6. The number of aromatic nitrogens is 6. The fourth-order valence-corrected chi connectivity index (χ4v) is 3.32. The van der Waals surface area contributed by atoms with Gasteiger partial charge in [0.05, 0.1) is 0 Å². The third kappa shape index (κ3) is 4.30. The molecule has 9 heteroatoms. The lowest BCUT2D eigenvalue weighted by molar-refractivity contribution is 0.948. The molecule has 0 aliphatic rings. The van der Waals surface area contributed by atoms with E-state index >= 15 is 0 Å². The van der Waals surface area contributed by atoms with E-state index in [4.69, 9.17) is 0 Å². The molecule has 5 heterocycles. The van der Waals surface area contributed by atoms with Gasteiger partial charge in [-0.1, -0.05) is 0 Å². The maximum atomic E-state index is 4.63. The molecule has 0 bridgehead atoms. The van der Waals surface area contributed by atoms with E-state index in [1.807, 2.05) is 90.2 Å². The van der Waals surface area contributed by atoms with Crippen LogP contribution in [0.3, 0.4) is 0 Å². The Morgan fingerprint density at radius 3 is 2.42 bits per heavy atom. The van der Waals surface area contributed by atoms with Crippen LogP contribution in [-0.4, -0.2) is 29.0 Å². The van der Waals surface area contributed by atoms with Gasteiger partial charge in [0.15, 0.2) is 5.82 Å². The van der Waals surface area contributed by atoms with E-state index in [0.717, 1.165) is 22.6 Å². The molecule has 9 nitrogen and oxygen atoms in total. The van der Waals surface area contributed by atoms with Crippen LogP contribution in [0.15, 0.2) is 73.4 Å². The average Bonchev–Trinajstić information content (AvgIpc) is 3.38. The highest BCUT2D eigenvalue weighted by molar-refractivity contribution is 5.65.